The third-order valence-corrected chi connectivity index (χ3v) is 3.60. The molecule has 3 N–H and O–H groups in total. The van der Waals surface area contributed by atoms with Crippen molar-refractivity contribution in [3.63, 3.8) is 0 Å². The van der Waals surface area contributed by atoms with Crippen LogP contribution in [-0.2, 0) is 4.79 Å². The van der Waals surface area contributed by atoms with E-state index in [1.54, 1.807) is 17.5 Å². The first-order valence-corrected chi connectivity index (χ1v) is 5.73. The summed E-state index contributed by atoms with van der Waals surface area (Å²) >= 11 is 1.56. The number of rotatable bonds is 5. The van der Waals surface area contributed by atoms with E-state index in [2.05, 4.69) is 18.8 Å². The Labute approximate surface area is 93.1 Å². The summed E-state index contributed by atoms with van der Waals surface area (Å²) in [6.45, 7) is 4.49. The lowest BCUT2D eigenvalue weighted by atomic mass is 10.1. The van der Waals surface area contributed by atoms with E-state index in [-0.39, 0.29) is 12.3 Å². The van der Waals surface area contributed by atoms with Gasteiger partial charge >= 0.3 is 5.97 Å². The largest absolute Gasteiger partial charge is 0.481 e. The van der Waals surface area contributed by atoms with E-state index >= 15 is 0 Å². The molecule has 1 aromatic rings. The second-order valence-electron chi connectivity index (χ2n) is 3.79. The summed E-state index contributed by atoms with van der Waals surface area (Å²) in [6, 6.07) is 0. The predicted octanol–water partition coefficient (Wildman–Crippen LogP) is 1.78. The average Bonchev–Trinajstić information content (AvgIpc) is 2.62. The molecule has 0 radical (unpaired) electrons. The molecule has 0 saturated carbocycles. The fourth-order valence-electron chi connectivity index (χ4n) is 1.27. The van der Waals surface area contributed by atoms with Gasteiger partial charge in [-0.25, -0.2) is 4.98 Å². The first kappa shape index (κ1) is 12.1. The highest BCUT2D eigenvalue weighted by Gasteiger charge is 2.17. The second-order valence-corrected chi connectivity index (χ2v) is 4.88. The summed E-state index contributed by atoms with van der Waals surface area (Å²) in [4.78, 5) is 15.8. The van der Waals surface area contributed by atoms with Gasteiger partial charge in [0.15, 0.2) is 0 Å². The number of aliphatic carboxylic acids is 1. The zero-order valence-electron chi connectivity index (χ0n) is 8.93. The number of nitrogens with two attached hydrogens (primary N) is 1. The number of thiazole rings is 1. The standard InChI is InChI=1S/C10H16N2O2S/c1-6(2)10-12-5-8(15-10)7(4-11)3-9(13)14/h5-7H,3-4,11H2,1-2H3,(H,13,14). The van der Waals surface area contributed by atoms with E-state index in [0.29, 0.717) is 12.5 Å². The summed E-state index contributed by atoms with van der Waals surface area (Å²) in [6.07, 6.45) is 1.83. The molecule has 1 rings (SSSR count). The van der Waals surface area contributed by atoms with Crippen LogP contribution in [0.25, 0.3) is 0 Å². The molecule has 1 unspecified atom stereocenters. The van der Waals surface area contributed by atoms with Crippen LogP contribution in [0.15, 0.2) is 6.20 Å². The highest BCUT2D eigenvalue weighted by Crippen LogP contribution is 2.28. The number of aromatic nitrogens is 1. The topological polar surface area (TPSA) is 76.2 Å². The van der Waals surface area contributed by atoms with Crippen molar-refractivity contribution < 1.29 is 9.90 Å². The number of carbonyl (C=O) groups is 1. The number of carboxylic acids is 1. The maximum Gasteiger partial charge on any atom is 0.304 e. The molecule has 1 aromatic heterocycles. The van der Waals surface area contributed by atoms with Crippen molar-refractivity contribution in [2.24, 2.45) is 5.73 Å². The van der Waals surface area contributed by atoms with Crippen LogP contribution in [0, 0.1) is 0 Å². The van der Waals surface area contributed by atoms with Gasteiger partial charge in [0.2, 0.25) is 0 Å². The number of hydrogen-bond donors (Lipinski definition) is 2. The van der Waals surface area contributed by atoms with E-state index in [1.807, 2.05) is 0 Å². The summed E-state index contributed by atoms with van der Waals surface area (Å²) < 4.78 is 0. The van der Waals surface area contributed by atoms with E-state index in [1.165, 1.54) is 0 Å². The molecular formula is C10H16N2O2S. The van der Waals surface area contributed by atoms with Crippen LogP contribution < -0.4 is 5.73 Å². The molecule has 84 valence electrons. The Bertz CT molecular complexity index is 336. The van der Waals surface area contributed by atoms with Crippen LogP contribution in [0.1, 0.15) is 42.0 Å². The van der Waals surface area contributed by atoms with Crippen LogP contribution in [0.2, 0.25) is 0 Å². The Morgan fingerprint density at radius 1 is 1.67 bits per heavy atom. The summed E-state index contributed by atoms with van der Waals surface area (Å²) in [7, 11) is 0. The quantitative estimate of drug-likeness (QED) is 0.805. The minimum Gasteiger partial charge on any atom is -0.481 e. The van der Waals surface area contributed by atoms with Crippen molar-refractivity contribution in [3.8, 4) is 0 Å². The van der Waals surface area contributed by atoms with E-state index in [4.69, 9.17) is 10.8 Å². The van der Waals surface area contributed by atoms with Crippen LogP contribution >= 0.6 is 11.3 Å². The summed E-state index contributed by atoms with van der Waals surface area (Å²) in [5.74, 6) is -0.538. The van der Waals surface area contributed by atoms with Crippen molar-refractivity contribution in [1.82, 2.24) is 4.98 Å². The molecule has 4 nitrogen and oxygen atoms in total. The summed E-state index contributed by atoms with van der Waals surface area (Å²) in [5.41, 5.74) is 5.55. The van der Waals surface area contributed by atoms with E-state index < -0.39 is 5.97 Å². The van der Waals surface area contributed by atoms with Crippen molar-refractivity contribution in [1.29, 1.82) is 0 Å². The third-order valence-electron chi connectivity index (χ3n) is 2.14. The van der Waals surface area contributed by atoms with Gasteiger partial charge in [-0.3, -0.25) is 4.79 Å². The molecule has 0 aromatic carbocycles. The molecule has 0 amide bonds. The van der Waals surface area contributed by atoms with Gasteiger partial charge in [-0.2, -0.15) is 0 Å². The Hall–Kier alpha value is -0.940. The molecule has 0 aliphatic carbocycles. The molecule has 15 heavy (non-hydrogen) atoms. The molecule has 1 atom stereocenters. The lowest BCUT2D eigenvalue weighted by Gasteiger charge is -2.08. The number of hydrogen-bond acceptors (Lipinski definition) is 4. The van der Waals surface area contributed by atoms with Crippen molar-refractivity contribution in [2.75, 3.05) is 6.54 Å². The van der Waals surface area contributed by atoms with Crippen LogP contribution in [0.4, 0.5) is 0 Å². The normalized spacial score (nSPS) is 13.1. The molecule has 5 heteroatoms. The van der Waals surface area contributed by atoms with Crippen LogP contribution in [0.3, 0.4) is 0 Å². The Balaban J connectivity index is 2.78. The highest BCUT2D eigenvalue weighted by molar-refractivity contribution is 7.11. The monoisotopic (exact) mass is 228 g/mol. The first-order valence-electron chi connectivity index (χ1n) is 4.92. The smallest absolute Gasteiger partial charge is 0.304 e. The number of nitrogens with zero attached hydrogens (tertiary/aromatic N) is 1. The summed E-state index contributed by atoms with van der Waals surface area (Å²) in [5, 5.41) is 9.76. The lowest BCUT2D eigenvalue weighted by molar-refractivity contribution is -0.137. The first-order chi connectivity index (χ1) is 7.04. The highest BCUT2D eigenvalue weighted by atomic mass is 32.1. The van der Waals surface area contributed by atoms with Gasteiger partial charge in [-0.05, 0) is 0 Å². The Morgan fingerprint density at radius 2 is 2.33 bits per heavy atom. The van der Waals surface area contributed by atoms with Gasteiger partial charge in [-0.15, -0.1) is 11.3 Å². The van der Waals surface area contributed by atoms with Gasteiger partial charge in [0, 0.05) is 29.5 Å². The van der Waals surface area contributed by atoms with Gasteiger partial charge in [0.1, 0.15) is 0 Å². The van der Waals surface area contributed by atoms with Crippen molar-refractivity contribution in [2.45, 2.75) is 32.1 Å². The van der Waals surface area contributed by atoms with Crippen molar-refractivity contribution in [3.05, 3.63) is 16.1 Å². The Kier molecular flexibility index (Phi) is 4.23. The number of carboxylic acid groups (broad SMARTS) is 1. The SMILES string of the molecule is CC(C)c1ncc(C(CN)CC(=O)O)s1. The maximum atomic E-state index is 10.6. The van der Waals surface area contributed by atoms with Gasteiger partial charge in [0.25, 0.3) is 0 Å². The zero-order chi connectivity index (χ0) is 11.4. The third kappa shape index (κ3) is 3.28. The molecule has 0 aliphatic heterocycles. The van der Waals surface area contributed by atoms with Gasteiger partial charge < -0.3 is 10.8 Å². The van der Waals surface area contributed by atoms with Crippen molar-refractivity contribution >= 4 is 17.3 Å². The predicted molar refractivity (Wildman–Crippen MR) is 60.3 cm³/mol. The fraction of sp³-hybridized carbons (Fsp3) is 0.600. The van der Waals surface area contributed by atoms with E-state index in [0.717, 1.165) is 9.88 Å². The minimum absolute atomic E-state index is 0.0796. The lowest BCUT2D eigenvalue weighted by Crippen LogP contribution is -2.15. The van der Waals surface area contributed by atoms with E-state index in [9.17, 15) is 4.79 Å². The van der Waals surface area contributed by atoms with Crippen LogP contribution in [0.5, 0.6) is 0 Å². The Morgan fingerprint density at radius 3 is 2.73 bits per heavy atom. The zero-order valence-corrected chi connectivity index (χ0v) is 9.75. The molecule has 0 fully saturated rings. The van der Waals surface area contributed by atoms with Gasteiger partial charge in [0.05, 0.1) is 11.4 Å². The molecule has 0 saturated heterocycles. The second kappa shape index (κ2) is 5.23. The molecule has 0 aliphatic rings. The van der Waals surface area contributed by atoms with Crippen LogP contribution in [-0.4, -0.2) is 22.6 Å². The molecule has 1 heterocycles. The molecule has 0 bridgehead atoms. The van der Waals surface area contributed by atoms with Gasteiger partial charge in [-0.1, -0.05) is 13.8 Å². The minimum atomic E-state index is -0.815. The average molecular weight is 228 g/mol. The maximum absolute atomic E-state index is 10.6. The molecular weight excluding hydrogens is 212 g/mol. The fourth-order valence-corrected chi connectivity index (χ4v) is 2.30. The molecule has 0 spiro atoms.